The highest BCUT2D eigenvalue weighted by atomic mass is 19.1. The van der Waals surface area contributed by atoms with Crippen LogP contribution in [0.4, 0.5) is 9.18 Å². The lowest BCUT2D eigenvalue weighted by Gasteiger charge is -2.42. The predicted molar refractivity (Wildman–Crippen MR) is 107 cm³/mol. The summed E-state index contributed by atoms with van der Waals surface area (Å²) < 4.78 is 25.8. The predicted octanol–water partition coefficient (Wildman–Crippen LogP) is 4.16. The zero-order chi connectivity index (χ0) is 20.2. The van der Waals surface area contributed by atoms with Crippen LogP contribution in [0.5, 0.6) is 0 Å². The maximum absolute atomic E-state index is 13.9. The number of halogens is 1. The van der Waals surface area contributed by atoms with Gasteiger partial charge in [0.15, 0.2) is 0 Å². The van der Waals surface area contributed by atoms with Crippen molar-refractivity contribution in [2.24, 2.45) is 0 Å². The van der Waals surface area contributed by atoms with Crippen LogP contribution in [0.25, 0.3) is 0 Å². The number of hydrogen-bond donors (Lipinski definition) is 0. The number of rotatable bonds is 5. The molecule has 0 saturated carbocycles. The Bertz CT molecular complexity index is 660. The normalized spacial score (nSPS) is 20.4. The first kappa shape index (κ1) is 21.1. The fraction of sp³-hybridized carbons (Fsp3) is 0.682. The van der Waals surface area contributed by atoms with Crippen LogP contribution in [-0.4, -0.2) is 60.8 Å². The van der Waals surface area contributed by atoms with Crippen molar-refractivity contribution in [1.82, 2.24) is 9.80 Å². The Kier molecular flexibility index (Phi) is 6.61. The minimum Gasteiger partial charge on any atom is -0.444 e. The van der Waals surface area contributed by atoms with Gasteiger partial charge in [0, 0.05) is 19.6 Å². The number of hydrogen-bond acceptors (Lipinski definition) is 4. The summed E-state index contributed by atoms with van der Waals surface area (Å²) in [6.45, 7) is 10.4. The van der Waals surface area contributed by atoms with Crippen LogP contribution < -0.4 is 0 Å². The molecule has 28 heavy (non-hydrogen) atoms. The van der Waals surface area contributed by atoms with E-state index < -0.39 is 11.2 Å². The first-order valence-electron chi connectivity index (χ1n) is 10.4. The molecule has 156 valence electrons. The molecule has 2 heterocycles. The van der Waals surface area contributed by atoms with Crippen molar-refractivity contribution in [3.8, 4) is 0 Å². The molecule has 0 aromatic heterocycles. The molecule has 3 rings (SSSR count). The number of piperidine rings is 1. The van der Waals surface area contributed by atoms with E-state index in [0.717, 1.165) is 25.2 Å². The van der Waals surface area contributed by atoms with Crippen molar-refractivity contribution in [2.45, 2.75) is 57.7 Å². The van der Waals surface area contributed by atoms with E-state index in [-0.39, 0.29) is 11.9 Å². The van der Waals surface area contributed by atoms with E-state index in [1.54, 1.807) is 17.0 Å². The number of benzene rings is 1. The number of carbonyl (C=O) groups is 1. The topological polar surface area (TPSA) is 42.0 Å². The maximum atomic E-state index is 13.9. The average molecular weight is 393 g/mol. The molecule has 2 fully saturated rings. The van der Waals surface area contributed by atoms with Crippen molar-refractivity contribution in [1.29, 1.82) is 0 Å². The summed E-state index contributed by atoms with van der Waals surface area (Å²) in [6.07, 6.45) is 3.47. The number of nitrogens with zero attached hydrogens (tertiary/aromatic N) is 2. The second kappa shape index (κ2) is 8.78. The molecule has 5 nitrogen and oxygen atoms in total. The fourth-order valence-corrected chi connectivity index (χ4v) is 4.04. The Hall–Kier alpha value is -1.66. The third-order valence-electron chi connectivity index (χ3n) is 5.56. The highest BCUT2D eigenvalue weighted by Gasteiger charge is 2.39. The smallest absolute Gasteiger partial charge is 0.410 e. The minimum absolute atomic E-state index is 0.255. The van der Waals surface area contributed by atoms with Crippen LogP contribution in [0.3, 0.4) is 0 Å². The molecule has 6 heteroatoms. The number of carbonyl (C=O) groups excluding carboxylic acids is 1. The van der Waals surface area contributed by atoms with Gasteiger partial charge < -0.3 is 19.3 Å². The van der Waals surface area contributed by atoms with E-state index in [4.69, 9.17) is 9.47 Å². The largest absolute Gasteiger partial charge is 0.444 e. The molecule has 0 unspecified atom stereocenters. The van der Waals surface area contributed by atoms with Gasteiger partial charge in [-0.1, -0.05) is 12.1 Å². The molecule has 2 saturated heterocycles. The van der Waals surface area contributed by atoms with Gasteiger partial charge in [0.05, 0.1) is 12.2 Å². The minimum atomic E-state index is -0.555. The monoisotopic (exact) mass is 392 g/mol. The van der Waals surface area contributed by atoms with Gasteiger partial charge in [0.1, 0.15) is 11.4 Å². The second-order valence-electron chi connectivity index (χ2n) is 8.87. The molecule has 2 aliphatic heterocycles. The summed E-state index contributed by atoms with van der Waals surface area (Å²) in [5, 5.41) is 0. The second-order valence-corrected chi connectivity index (χ2v) is 8.87. The summed E-state index contributed by atoms with van der Waals surface area (Å²) >= 11 is 0. The van der Waals surface area contributed by atoms with Crippen molar-refractivity contribution in [3.63, 3.8) is 0 Å². The zero-order valence-corrected chi connectivity index (χ0v) is 17.4. The SMILES string of the molecule is CC(C)(C)OC(=O)N1CCC(OCCN2CCCC2)(c2cccc(F)c2)CC1. The first-order valence-corrected chi connectivity index (χ1v) is 10.4. The third kappa shape index (κ3) is 5.45. The van der Waals surface area contributed by atoms with E-state index >= 15 is 0 Å². The molecule has 1 aromatic carbocycles. The van der Waals surface area contributed by atoms with Gasteiger partial charge in [-0.15, -0.1) is 0 Å². The van der Waals surface area contributed by atoms with Gasteiger partial charge in [0.2, 0.25) is 0 Å². The van der Waals surface area contributed by atoms with Gasteiger partial charge in [-0.25, -0.2) is 9.18 Å². The lowest BCUT2D eigenvalue weighted by atomic mass is 9.84. The van der Waals surface area contributed by atoms with Crippen molar-refractivity contribution >= 4 is 6.09 Å². The van der Waals surface area contributed by atoms with E-state index in [2.05, 4.69) is 4.90 Å². The summed E-state index contributed by atoms with van der Waals surface area (Å²) in [5.74, 6) is -0.255. The molecule has 2 aliphatic rings. The summed E-state index contributed by atoms with van der Waals surface area (Å²) in [7, 11) is 0. The highest BCUT2D eigenvalue weighted by molar-refractivity contribution is 5.68. The average Bonchev–Trinajstić information content (AvgIpc) is 3.14. The van der Waals surface area contributed by atoms with Crippen molar-refractivity contribution < 1.29 is 18.7 Å². The van der Waals surface area contributed by atoms with Gasteiger partial charge in [-0.05, 0) is 77.2 Å². The number of amides is 1. The molecule has 1 amide bonds. The van der Waals surface area contributed by atoms with Crippen LogP contribution in [0.15, 0.2) is 24.3 Å². The molecular formula is C22H33FN2O3. The Balaban J connectivity index is 1.67. The summed E-state index contributed by atoms with van der Waals surface area (Å²) in [6, 6.07) is 6.69. The van der Waals surface area contributed by atoms with E-state index in [1.165, 1.54) is 18.9 Å². The standard InChI is InChI=1S/C22H33FN2O3/c1-21(2,3)28-20(26)25-13-9-22(10-14-25,18-7-6-8-19(23)17-18)27-16-15-24-11-4-5-12-24/h6-8,17H,4-5,9-16H2,1-3H3. The van der Waals surface area contributed by atoms with E-state index in [1.807, 2.05) is 26.8 Å². The summed E-state index contributed by atoms with van der Waals surface area (Å²) in [4.78, 5) is 16.5. The van der Waals surface area contributed by atoms with Gasteiger partial charge >= 0.3 is 6.09 Å². The van der Waals surface area contributed by atoms with Crippen LogP contribution >= 0.6 is 0 Å². The number of ether oxygens (including phenoxy) is 2. The molecule has 0 radical (unpaired) electrons. The lowest BCUT2D eigenvalue weighted by Crippen LogP contribution is -2.48. The Morgan fingerprint density at radius 1 is 1.14 bits per heavy atom. The van der Waals surface area contributed by atoms with Crippen LogP contribution in [0.1, 0.15) is 52.0 Å². The van der Waals surface area contributed by atoms with Gasteiger partial charge in [-0.3, -0.25) is 0 Å². The molecule has 0 spiro atoms. The summed E-state index contributed by atoms with van der Waals surface area (Å²) in [5.41, 5.74) is -0.210. The van der Waals surface area contributed by atoms with E-state index in [9.17, 15) is 9.18 Å². The van der Waals surface area contributed by atoms with Gasteiger partial charge in [0.25, 0.3) is 0 Å². The van der Waals surface area contributed by atoms with E-state index in [0.29, 0.717) is 32.5 Å². The van der Waals surface area contributed by atoms with Crippen molar-refractivity contribution in [2.75, 3.05) is 39.3 Å². The Morgan fingerprint density at radius 3 is 2.43 bits per heavy atom. The van der Waals surface area contributed by atoms with Crippen LogP contribution in [-0.2, 0) is 15.1 Å². The molecule has 1 aromatic rings. The first-order chi connectivity index (χ1) is 13.3. The Labute approximate surface area is 167 Å². The quantitative estimate of drug-likeness (QED) is 0.754. The zero-order valence-electron chi connectivity index (χ0n) is 17.4. The molecule has 0 N–H and O–H groups in total. The number of likely N-dealkylation sites (tertiary alicyclic amines) is 2. The third-order valence-corrected chi connectivity index (χ3v) is 5.56. The maximum Gasteiger partial charge on any atom is 0.410 e. The van der Waals surface area contributed by atoms with Crippen molar-refractivity contribution in [3.05, 3.63) is 35.6 Å². The van der Waals surface area contributed by atoms with Crippen LogP contribution in [0, 0.1) is 5.82 Å². The lowest BCUT2D eigenvalue weighted by molar-refractivity contribution is -0.0937. The van der Waals surface area contributed by atoms with Gasteiger partial charge in [-0.2, -0.15) is 0 Å². The molecule has 0 atom stereocenters. The van der Waals surface area contributed by atoms with Crippen LogP contribution in [0.2, 0.25) is 0 Å². The highest BCUT2D eigenvalue weighted by Crippen LogP contribution is 2.37. The molecule has 0 aliphatic carbocycles. The Morgan fingerprint density at radius 2 is 1.82 bits per heavy atom. The molecular weight excluding hydrogens is 359 g/mol. The molecule has 0 bridgehead atoms. The fourth-order valence-electron chi connectivity index (χ4n) is 4.04.